The Morgan fingerprint density at radius 2 is 2.12 bits per heavy atom. The maximum Gasteiger partial charge on any atom is 0.252 e. The summed E-state index contributed by atoms with van der Waals surface area (Å²) in [5.41, 5.74) is 3.82. The van der Waals surface area contributed by atoms with E-state index in [9.17, 15) is 9.90 Å². The van der Waals surface area contributed by atoms with Crippen LogP contribution in [0.3, 0.4) is 0 Å². The number of fused-ring (bicyclic) bond motifs is 1. The molecule has 0 radical (unpaired) electrons. The number of hydrogen-bond acceptors (Lipinski definition) is 7. The summed E-state index contributed by atoms with van der Waals surface area (Å²) < 4.78 is 7.67. The Kier molecular flexibility index (Phi) is 8.07. The number of pyridine rings is 1. The number of aliphatic hydroxyl groups excluding tert-OH is 1. The number of aliphatic hydroxyl groups is 1. The molecule has 0 bridgehead atoms. The molecule has 2 N–H and O–H groups in total. The molecule has 3 heterocycles. The molecule has 1 saturated heterocycles. The summed E-state index contributed by atoms with van der Waals surface area (Å²) in [7, 11) is 0. The van der Waals surface area contributed by atoms with Gasteiger partial charge in [0.2, 0.25) is 0 Å². The van der Waals surface area contributed by atoms with Gasteiger partial charge in [-0.2, -0.15) is 0 Å². The molecule has 0 aliphatic carbocycles. The number of nitrogens with zero attached hydrogens (tertiary/aromatic N) is 5. The van der Waals surface area contributed by atoms with Crippen molar-refractivity contribution in [3.8, 4) is 0 Å². The van der Waals surface area contributed by atoms with Gasteiger partial charge in [0.25, 0.3) is 5.56 Å². The van der Waals surface area contributed by atoms with E-state index >= 15 is 0 Å². The first-order chi connectivity index (χ1) is 16.5. The predicted octanol–water partition coefficient (Wildman–Crippen LogP) is 3.04. The van der Waals surface area contributed by atoms with Crippen LogP contribution in [0.25, 0.3) is 10.9 Å². The van der Waals surface area contributed by atoms with Crippen LogP contribution >= 0.6 is 0 Å². The quantitative estimate of drug-likeness (QED) is 0.445. The Bertz CT molecular complexity index is 1150. The number of aromatic amines is 1. The number of tetrazole rings is 1. The minimum atomic E-state index is -0.0843. The topological polar surface area (TPSA) is 109 Å². The van der Waals surface area contributed by atoms with E-state index in [1.807, 2.05) is 23.7 Å². The average Bonchev–Trinajstić information content (AvgIpc) is 3.49. The zero-order valence-corrected chi connectivity index (χ0v) is 20.5. The molecule has 0 saturated carbocycles. The van der Waals surface area contributed by atoms with Crippen LogP contribution in [-0.4, -0.2) is 61.1 Å². The summed E-state index contributed by atoms with van der Waals surface area (Å²) in [6.07, 6.45) is 4.60. The molecule has 0 amide bonds. The van der Waals surface area contributed by atoms with Crippen LogP contribution in [0.1, 0.15) is 67.6 Å². The molecule has 1 aromatic carbocycles. The first-order valence-electron chi connectivity index (χ1n) is 12.4. The number of H-pyrrole nitrogens is 1. The second kappa shape index (κ2) is 11.2. The van der Waals surface area contributed by atoms with Gasteiger partial charge in [-0.1, -0.05) is 13.3 Å². The lowest BCUT2D eigenvalue weighted by atomic mass is 10.0. The van der Waals surface area contributed by atoms with E-state index in [2.05, 4.69) is 45.3 Å². The van der Waals surface area contributed by atoms with Gasteiger partial charge >= 0.3 is 0 Å². The van der Waals surface area contributed by atoms with Gasteiger partial charge in [-0.3, -0.25) is 9.69 Å². The van der Waals surface area contributed by atoms with Crippen molar-refractivity contribution in [1.29, 1.82) is 0 Å². The van der Waals surface area contributed by atoms with E-state index in [0.717, 1.165) is 54.6 Å². The standard InChI is InChI=1S/C25H36N6O3/c1-4-7-23(24-27-28-29-31(24)16-21-8-5-11-34-21)30(9-6-10-32)15-20-14-19-12-17(2)18(3)13-22(19)26-25(20)33/h12-14,21,23,32H,4-11,15-16H2,1-3H3,(H,26,33)/t21-,23+/m0/s1. The molecule has 184 valence electrons. The highest BCUT2D eigenvalue weighted by Crippen LogP contribution is 2.27. The normalized spacial score (nSPS) is 17.1. The molecule has 1 fully saturated rings. The third-order valence-electron chi connectivity index (χ3n) is 6.77. The molecule has 1 aliphatic rings. The van der Waals surface area contributed by atoms with Crippen molar-refractivity contribution in [3.63, 3.8) is 0 Å². The molecule has 0 spiro atoms. The Hall–Kier alpha value is -2.62. The summed E-state index contributed by atoms with van der Waals surface area (Å²) in [5.74, 6) is 0.791. The lowest BCUT2D eigenvalue weighted by Crippen LogP contribution is -2.34. The van der Waals surface area contributed by atoms with Crippen LogP contribution < -0.4 is 5.56 Å². The van der Waals surface area contributed by atoms with Crippen LogP contribution in [0.15, 0.2) is 23.0 Å². The Morgan fingerprint density at radius 1 is 1.29 bits per heavy atom. The fourth-order valence-electron chi connectivity index (χ4n) is 4.79. The van der Waals surface area contributed by atoms with Crippen LogP contribution in [0.5, 0.6) is 0 Å². The zero-order chi connectivity index (χ0) is 24.1. The molecule has 1 aliphatic heterocycles. The lowest BCUT2D eigenvalue weighted by molar-refractivity contribution is 0.0885. The summed E-state index contributed by atoms with van der Waals surface area (Å²) >= 11 is 0. The van der Waals surface area contributed by atoms with Crippen LogP contribution in [0.4, 0.5) is 0 Å². The highest BCUT2D eigenvalue weighted by molar-refractivity contribution is 5.80. The predicted molar refractivity (Wildman–Crippen MR) is 131 cm³/mol. The number of aromatic nitrogens is 5. The van der Waals surface area contributed by atoms with Crippen molar-refractivity contribution >= 4 is 10.9 Å². The second-order valence-corrected chi connectivity index (χ2v) is 9.35. The maximum absolute atomic E-state index is 13.0. The fraction of sp³-hybridized carbons (Fsp3) is 0.600. The largest absolute Gasteiger partial charge is 0.396 e. The minimum Gasteiger partial charge on any atom is -0.396 e. The van der Waals surface area contributed by atoms with E-state index in [4.69, 9.17) is 4.74 Å². The summed E-state index contributed by atoms with van der Waals surface area (Å²) in [5, 5.41) is 23.2. The number of rotatable bonds is 11. The molecule has 0 unspecified atom stereocenters. The Labute approximate surface area is 200 Å². The van der Waals surface area contributed by atoms with Crippen molar-refractivity contribution in [2.24, 2.45) is 0 Å². The van der Waals surface area contributed by atoms with Gasteiger partial charge in [0.05, 0.1) is 18.7 Å². The molecular formula is C25H36N6O3. The van der Waals surface area contributed by atoms with Crippen molar-refractivity contribution < 1.29 is 9.84 Å². The summed E-state index contributed by atoms with van der Waals surface area (Å²) in [6.45, 7) is 8.86. The second-order valence-electron chi connectivity index (χ2n) is 9.35. The first kappa shape index (κ1) is 24.5. The molecule has 34 heavy (non-hydrogen) atoms. The maximum atomic E-state index is 13.0. The van der Waals surface area contributed by atoms with E-state index < -0.39 is 0 Å². The average molecular weight is 469 g/mol. The molecule has 2 atom stereocenters. The molecule has 4 rings (SSSR count). The van der Waals surface area contributed by atoms with Gasteiger partial charge in [0.15, 0.2) is 5.82 Å². The number of nitrogens with one attached hydrogen (secondary N) is 1. The van der Waals surface area contributed by atoms with E-state index in [1.165, 1.54) is 5.56 Å². The van der Waals surface area contributed by atoms with Crippen molar-refractivity contribution in [1.82, 2.24) is 30.1 Å². The van der Waals surface area contributed by atoms with E-state index in [1.54, 1.807) is 0 Å². The van der Waals surface area contributed by atoms with Crippen molar-refractivity contribution in [2.45, 2.75) is 78.1 Å². The highest BCUT2D eigenvalue weighted by atomic mass is 16.5. The van der Waals surface area contributed by atoms with Crippen LogP contribution in [-0.2, 0) is 17.8 Å². The molecular weight excluding hydrogens is 432 g/mol. The third-order valence-corrected chi connectivity index (χ3v) is 6.77. The zero-order valence-electron chi connectivity index (χ0n) is 20.5. The number of hydrogen-bond donors (Lipinski definition) is 2. The van der Waals surface area contributed by atoms with Gasteiger partial charge in [-0.05, 0) is 84.7 Å². The smallest absolute Gasteiger partial charge is 0.252 e. The third kappa shape index (κ3) is 5.54. The number of benzene rings is 1. The van der Waals surface area contributed by atoms with E-state index in [-0.39, 0.29) is 24.3 Å². The van der Waals surface area contributed by atoms with Gasteiger partial charge < -0.3 is 14.8 Å². The fourth-order valence-corrected chi connectivity index (χ4v) is 4.79. The highest BCUT2D eigenvalue weighted by Gasteiger charge is 2.28. The molecule has 9 heteroatoms. The van der Waals surface area contributed by atoms with Gasteiger partial charge in [0, 0.05) is 37.4 Å². The van der Waals surface area contributed by atoms with Crippen LogP contribution in [0, 0.1) is 13.8 Å². The summed E-state index contributed by atoms with van der Waals surface area (Å²) in [4.78, 5) is 18.3. The lowest BCUT2D eigenvalue weighted by Gasteiger charge is -2.31. The van der Waals surface area contributed by atoms with E-state index in [0.29, 0.717) is 31.6 Å². The monoisotopic (exact) mass is 468 g/mol. The Balaban J connectivity index is 1.66. The molecule has 9 nitrogen and oxygen atoms in total. The van der Waals surface area contributed by atoms with Gasteiger partial charge in [0.1, 0.15) is 0 Å². The Morgan fingerprint density at radius 3 is 2.85 bits per heavy atom. The minimum absolute atomic E-state index is 0.0668. The number of aryl methyl sites for hydroxylation is 2. The molecule has 2 aromatic heterocycles. The molecule has 3 aromatic rings. The van der Waals surface area contributed by atoms with Crippen molar-refractivity contribution in [3.05, 3.63) is 51.1 Å². The van der Waals surface area contributed by atoms with Gasteiger partial charge in [-0.25, -0.2) is 4.68 Å². The summed E-state index contributed by atoms with van der Waals surface area (Å²) in [6, 6.07) is 6.07. The first-order valence-corrected chi connectivity index (χ1v) is 12.4. The number of ether oxygens (including phenoxy) is 1. The van der Waals surface area contributed by atoms with Crippen molar-refractivity contribution in [2.75, 3.05) is 19.8 Å². The SMILES string of the molecule is CCC[C@H](c1nnnn1C[C@@H]1CCCO1)N(CCCO)Cc1cc2cc(C)c(C)cc2[nH]c1=O. The van der Waals surface area contributed by atoms with Crippen LogP contribution in [0.2, 0.25) is 0 Å². The van der Waals surface area contributed by atoms with Gasteiger partial charge in [-0.15, -0.1) is 5.10 Å².